The van der Waals surface area contributed by atoms with Crippen LogP contribution in [0.15, 0.2) is 18.2 Å². The average molecular weight is 229 g/mol. The molecule has 0 aliphatic heterocycles. The molecule has 1 aromatic rings. The highest BCUT2D eigenvalue weighted by Gasteiger charge is 2.42. The van der Waals surface area contributed by atoms with Gasteiger partial charge in [-0.15, -0.1) is 0 Å². The molecule has 1 saturated carbocycles. The lowest BCUT2D eigenvalue weighted by molar-refractivity contribution is 0.0665. The van der Waals surface area contributed by atoms with Crippen LogP contribution < -0.4 is 0 Å². The molecule has 0 radical (unpaired) electrons. The Hall–Kier alpha value is -1.33. The molecular formula is C15H19NO. The third-order valence-corrected chi connectivity index (χ3v) is 3.97. The van der Waals surface area contributed by atoms with Crippen LogP contribution in [0.3, 0.4) is 0 Å². The smallest absolute Gasteiger partial charge is 0.0978 e. The van der Waals surface area contributed by atoms with Gasteiger partial charge in [0.25, 0.3) is 0 Å². The van der Waals surface area contributed by atoms with Crippen molar-refractivity contribution in [3.63, 3.8) is 0 Å². The van der Waals surface area contributed by atoms with Crippen LogP contribution in [0, 0.1) is 30.6 Å². The van der Waals surface area contributed by atoms with Crippen LogP contribution >= 0.6 is 0 Å². The van der Waals surface area contributed by atoms with Crippen molar-refractivity contribution in [2.75, 3.05) is 0 Å². The molecule has 2 nitrogen and oxygen atoms in total. The molecule has 90 valence electrons. The van der Waals surface area contributed by atoms with E-state index in [1.54, 1.807) is 0 Å². The molecular weight excluding hydrogens is 210 g/mol. The number of aliphatic hydroxyl groups is 1. The van der Waals surface area contributed by atoms with E-state index in [0.717, 1.165) is 42.4 Å². The largest absolute Gasteiger partial charge is 0.387 e. The Balaban J connectivity index is 2.39. The van der Waals surface area contributed by atoms with Crippen LogP contribution in [0.1, 0.15) is 48.5 Å². The first-order valence-corrected chi connectivity index (χ1v) is 6.25. The Kier molecular flexibility index (Phi) is 3.22. The maximum atomic E-state index is 10.6. The predicted molar refractivity (Wildman–Crippen MR) is 67.4 cm³/mol. The van der Waals surface area contributed by atoms with Gasteiger partial charge < -0.3 is 5.11 Å². The third kappa shape index (κ3) is 2.08. The molecule has 0 heterocycles. The second kappa shape index (κ2) is 4.50. The Labute approximate surface area is 103 Å². The van der Waals surface area contributed by atoms with Crippen molar-refractivity contribution in [1.29, 1.82) is 5.26 Å². The molecule has 1 aliphatic rings. The Morgan fingerprint density at radius 3 is 2.53 bits per heavy atom. The zero-order valence-corrected chi connectivity index (χ0v) is 10.5. The molecule has 1 N–H and O–H groups in total. The fourth-order valence-electron chi connectivity index (χ4n) is 2.80. The van der Waals surface area contributed by atoms with Crippen molar-refractivity contribution in [3.05, 3.63) is 34.9 Å². The first-order chi connectivity index (χ1) is 8.09. The first-order valence-electron chi connectivity index (χ1n) is 6.25. The lowest BCUT2D eigenvalue weighted by Crippen LogP contribution is -2.24. The number of rotatable bonds is 2. The van der Waals surface area contributed by atoms with Crippen molar-refractivity contribution in [2.45, 2.75) is 45.6 Å². The quantitative estimate of drug-likeness (QED) is 0.844. The van der Waals surface area contributed by atoms with Crippen molar-refractivity contribution in [2.24, 2.45) is 5.41 Å². The second-order valence-corrected chi connectivity index (χ2v) is 5.24. The van der Waals surface area contributed by atoms with Gasteiger partial charge in [-0.25, -0.2) is 0 Å². The summed E-state index contributed by atoms with van der Waals surface area (Å²) >= 11 is 0. The number of benzene rings is 1. The van der Waals surface area contributed by atoms with Gasteiger partial charge in [0.1, 0.15) is 0 Å². The summed E-state index contributed by atoms with van der Waals surface area (Å²) in [5.41, 5.74) is 2.58. The fraction of sp³-hybridized carbons (Fsp3) is 0.533. The zero-order valence-electron chi connectivity index (χ0n) is 10.5. The summed E-state index contributed by atoms with van der Waals surface area (Å²) in [5, 5.41) is 20.0. The van der Waals surface area contributed by atoms with Crippen molar-refractivity contribution >= 4 is 0 Å². The fourth-order valence-corrected chi connectivity index (χ4v) is 2.80. The highest BCUT2D eigenvalue weighted by Crippen LogP contribution is 2.47. The molecule has 1 aromatic carbocycles. The number of hydrogen-bond acceptors (Lipinski definition) is 2. The van der Waals surface area contributed by atoms with Gasteiger partial charge >= 0.3 is 0 Å². The van der Waals surface area contributed by atoms with Crippen LogP contribution in [0.25, 0.3) is 0 Å². The molecule has 2 rings (SSSR count). The van der Waals surface area contributed by atoms with Crippen LogP contribution in [0.2, 0.25) is 0 Å². The van der Waals surface area contributed by atoms with E-state index >= 15 is 0 Å². The summed E-state index contributed by atoms with van der Waals surface area (Å²) < 4.78 is 0. The minimum atomic E-state index is -0.644. The third-order valence-electron chi connectivity index (χ3n) is 3.97. The SMILES string of the molecule is Cc1ccc(C)c(C(O)C2(C#N)CCCC2)c1. The van der Waals surface area contributed by atoms with E-state index in [4.69, 9.17) is 0 Å². The van der Waals surface area contributed by atoms with Crippen molar-refractivity contribution in [3.8, 4) is 6.07 Å². The first kappa shape index (κ1) is 12.1. The van der Waals surface area contributed by atoms with Gasteiger partial charge in [0, 0.05) is 0 Å². The number of hydrogen-bond donors (Lipinski definition) is 1. The normalized spacial score (nSPS) is 19.9. The van der Waals surface area contributed by atoms with Crippen molar-refractivity contribution < 1.29 is 5.11 Å². The minimum absolute atomic E-state index is 0.557. The number of nitriles is 1. The Morgan fingerprint density at radius 2 is 1.94 bits per heavy atom. The zero-order chi connectivity index (χ0) is 12.5. The van der Waals surface area contributed by atoms with E-state index in [1.165, 1.54) is 0 Å². The summed E-state index contributed by atoms with van der Waals surface area (Å²) in [4.78, 5) is 0. The molecule has 2 heteroatoms. The molecule has 0 amide bonds. The van der Waals surface area contributed by atoms with Gasteiger partial charge in [0.2, 0.25) is 0 Å². The second-order valence-electron chi connectivity index (χ2n) is 5.24. The lowest BCUT2D eigenvalue weighted by Gasteiger charge is -2.28. The van der Waals surface area contributed by atoms with Gasteiger partial charge in [-0.05, 0) is 37.8 Å². The van der Waals surface area contributed by atoms with Crippen LogP contribution in [0.4, 0.5) is 0 Å². The summed E-state index contributed by atoms with van der Waals surface area (Å²) in [6.07, 6.45) is 3.09. The van der Waals surface area contributed by atoms with Gasteiger partial charge in [0.05, 0.1) is 17.6 Å². The maximum Gasteiger partial charge on any atom is 0.0978 e. The number of aryl methyl sites for hydroxylation is 2. The molecule has 0 aromatic heterocycles. The number of nitrogens with zero attached hydrogens (tertiary/aromatic N) is 1. The number of aliphatic hydroxyl groups excluding tert-OH is 1. The van der Waals surface area contributed by atoms with Gasteiger partial charge in [-0.1, -0.05) is 36.6 Å². The van der Waals surface area contributed by atoms with E-state index in [-0.39, 0.29) is 0 Å². The highest BCUT2D eigenvalue weighted by atomic mass is 16.3. The molecule has 0 bridgehead atoms. The van der Waals surface area contributed by atoms with E-state index in [2.05, 4.69) is 6.07 Å². The highest BCUT2D eigenvalue weighted by molar-refractivity contribution is 5.34. The van der Waals surface area contributed by atoms with Gasteiger partial charge in [-0.2, -0.15) is 5.26 Å². The topological polar surface area (TPSA) is 44.0 Å². The molecule has 17 heavy (non-hydrogen) atoms. The Bertz CT molecular complexity index is 452. The molecule has 0 spiro atoms. The summed E-state index contributed by atoms with van der Waals surface area (Å²) in [6.45, 7) is 4.02. The summed E-state index contributed by atoms with van der Waals surface area (Å²) in [6, 6.07) is 8.45. The summed E-state index contributed by atoms with van der Waals surface area (Å²) in [7, 11) is 0. The average Bonchev–Trinajstić information content (AvgIpc) is 2.81. The minimum Gasteiger partial charge on any atom is -0.387 e. The monoisotopic (exact) mass is 229 g/mol. The van der Waals surface area contributed by atoms with Crippen LogP contribution in [-0.4, -0.2) is 5.11 Å². The molecule has 1 atom stereocenters. The molecule has 0 saturated heterocycles. The lowest BCUT2D eigenvalue weighted by atomic mass is 9.77. The van der Waals surface area contributed by atoms with E-state index in [9.17, 15) is 10.4 Å². The summed E-state index contributed by atoms with van der Waals surface area (Å²) in [5.74, 6) is 0. The van der Waals surface area contributed by atoms with Crippen molar-refractivity contribution in [1.82, 2.24) is 0 Å². The van der Waals surface area contributed by atoms with Gasteiger partial charge in [-0.3, -0.25) is 0 Å². The molecule has 1 fully saturated rings. The maximum absolute atomic E-state index is 10.6. The van der Waals surface area contributed by atoms with Gasteiger partial charge in [0.15, 0.2) is 0 Å². The molecule has 1 unspecified atom stereocenters. The van der Waals surface area contributed by atoms with Crippen LogP contribution in [0.5, 0.6) is 0 Å². The predicted octanol–water partition coefficient (Wildman–Crippen LogP) is 3.42. The van der Waals surface area contributed by atoms with E-state index in [0.29, 0.717) is 0 Å². The van der Waals surface area contributed by atoms with Crippen LogP contribution in [-0.2, 0) is 0 Å². The standard InChI is InChI=1S/C15H19NO/c1-11-5-6-12(2)13(9-11)14(17)15(10-16)7-3-4-8-15/h5-6,9,14,17H,3-4,7-8H2,1-2H3. The van der Waals surface area contributed by atoms with E-state index < -0.39 is 11.5 Å². The van der Waals surface area contributed by atoms with E-state index in [1.807, 2.05) is 32.0 Å². The molecule has 1 aliphatic carbocycles. The Morgan fingerprint density at radius 1 is 1.29 bits per heavy atom.